The Labute approximate surface area is 383 Å². The van der Waals surface area contributed by atoms with E-state index in [9.17, 15) is 0 Å². The molecule has 14 rings (SSSR count). The molecule has 0 atom stereocenters. The molecule has 0 amide bonds. The third-order valence-electron chi connectivity index (χ3n) is 13.7. The molecule has 0 aliphatic heterocycles. The van der Waals surface area contributed by atoms with Gasteiger partial charge in [0.1, 0.15) is 22.3 Å². The van der Waals surface area contributed by atoms with E-state index < -0.39 is 0 Å². The minimum absolute atomic E-state index is 0.123. The van der Waals surface area contributed by atoms with Crippen LogP contribution in [0.25, 0.3) is 132 Å². The van der Waals surface area contributed by atoms with Crippen molar-refractivity contribution >= 4 is 75.4 Å². The van der Waals surface area contributed by atoms with Gasteiger partial charge in [-0.1, -0.05) is 147 Å². The number of hydrogen-bond donors (Lipinski definition) is 0. The molecule has 6 heteroatoms. The van der Waals surface area contributed by atoms with Crippen molar-refractivity contribution in [3.63, 3.8) is 0 Å². The van der Waals surface area contributed by atoms with Crippen molar-refractivity contribution in [1.82, 2.24) is 15.0 Å². The van der Waals surface area contributed by atoms with E-state index in [2.05, 4.69) is 172 Å². The number of hydrogen-bond acceptors (Lipinski definition) is 6. The van der Waals surface area contributed by atoms with Gasteiger partial charge < -0.3 is 8.83 Å². The van der Waals surface area contributed by atoms with E-state index in [-0.39, 0.29) is 5.41 Å². The van der Waals surface area contributed by atoms with Crippen LogP contribution in [0.4, 0.5) is 0 Å². The molecule has 0 bridgehead atoms. The monoisotopic (exact) mass is 863 g/mol. The predicted molar refractivity (Wildman–Crippen MR) is 272 cm³/mol. The van der Waals surface area contributed by atoms with Crippen molar-refractivity contribution in [3.05, 3.63) is 199 Å². The predicted octanol–water partition coefficient (Wildman–Crippen LogP) is 16.7. The van der Waals surface area contributed by atoms with Crippen molar-refractivity contribution < 1.29 is 8.83 Å². The lowest BCUT2D eigenvalue weighted by Crippen LogP contribution is -2.16. The summed E-state index contributed by atoms with van der Waals surface area (Å²) in [5, 5.41) is 6.41. The van der Waals surface area contributed by atoms with Crippen LogP contribution in [-0.2, 0) is 5.41 Å². The fourth-order valence-corrected chi connectivity index (χ4v) is 11.9. The second kappa shape index (κ2) is 13.9. The zero-order valence-corrected chi connectivity index (χ0v) is 36.8. The van der Waals surface area contributed by atoms with Gasteiger partial charge in [0.25, 0.3) is 0 Å². The van der Waals surface area contributed by atoms with Gasteiger partial charge in [0, 0.05) is 63.8 Å². The van der Waals surface area contributed by atoms with Crippen LogP contribution < -0.4 is 0 Å². The summed E-state index contributed by atoms with van der Waals surface area (Å²) in [4.78, 5) is 15.9. The molecular formula is C60H37N3O2S. The van der Waals surface area contributed by atoms with Gasteiger partial charge in [-0.3, -0.25) is 0 Å². The number of aromatic nitrogens is 3. The van der Waals surface area contributed by atoms with Crippen LogP contribution in [0.3, 0.4) is 0 Å². The molecular weight excluding hydrogens is 827 g/mol. The van der Waals surface area contributed by atoms with Gasteiger partial charge in [0.05, 0.1) is 0 Å². The molecule has 5 nitrogen and oxygen atoms in total. The highest BCUT2D eigenvalue weighted by Crippen LogP contribution is 2.52. The largest absolute Gasteiger partial charge is 0.456 e. The first-order chi connectivity index (χ1) is 32.4. The fourth-order valence-electron chi connectivity index (χ4n) is 10.7. The number of benzene rings is 9. The number of furan rings is 2. The Hall–Kier alpha value is -8.19. The molecule has 1 aliphatic rings. The highest BCUT2D eigenvalue weighted by Gasteiger charge is 2.37. The average molecular weight is 864 g/mol. The number of para-hydroxylation sites is 1. The summed E-state index contributed by atoms with van der Waals surface area (Å²) >= 11 is 1.78. The van der Waals surface area contributed by atoms with Crippen LogP contribution in [0.2, 0.25) is 0 Å². The molecule has 0 radical (unpaired) electrons. The normalized spacial score (nSPS) is 13.1. The van der Waals surface area contributed by atoms with Crippen molar-refractivity contribution in [2.75, 3.05) is 0 Å². The van der Waals surface area contributed by atoms with Gasteiger partial charge in [0.2, 0.25) is 0 Å². The van der Waals surface area contributed by atoms with Crippen LogP contribution in [0.1, 0.15) is 25.0 Å². The fraction of sp³-hybridized carbons (Fsp3) is 0.0500. The molecule has 9 aromatic carbocycles. The Morgan fingerprint density at radius 1 is 0.364 bits per heavy atom. The molecule has 0 saturated heterocycles. The molecule has 0 N–H and O–H groups in total. The maximum atomic E-state index is 6.62. The summed E-state index contributed by atoms with van der Waals surface area (Å²) in [5.74, 6) is 1.74. The van der Waals surface area contributed by atoms with Crippen molar-refractivity contribution in [2.24, 2.45) is 0 Å². The van der Waals surface area contributed by atoms with E-state index in [0.29, 0.717) is 17.5 Å². The minimum Gasteiger partial charge on any atom is -0.456 e. The zero-order chi connectivity index (χ0) is 43.7. The second-order valence-electron chi connectivity index (χ2n) is 17.9. The summed E-state index contributed by atoms with van der Waals surface area (Å²) in [6.45, 7) is 4.70. The number of rotatable bonds is 5. The van der Waals surface area contributed by atoms with Crippen LogP contribution in [0.5, 0.6) is 0 Å². The Balaban J connectivity index is 0.949. The van der Waals surface area contributed by atoms with Crippen molar-refractivity contribution in [1.29, 1.82) is 0 Å². The molecule has 13 aromatic rings. The van der Waals surface area contributed by atoms with E-state index in [1.54, 1.807) is 11.3 Å². The van der Waals surface area contributed by atoms with E-state index in [1.807, 2.05) is 30.3 Å². The van der Waals surface area contributed by atoms with Gasteiger partial charge in [-0.05, 0) is 99.1 Å². The maximum Gasteiger partial charge on any atom is 0.164 e. The van der Waals surface area contributed by atoms with Crippen LogP contribution >= 0.6 is 11.3 Å². The van der Waals surface area contributed by atoms with Crippen LogP contribution in [-0.4, -0.2) is 15.0 Å². The van der Waals surface area contributed by atoms with Crippen LogP contribution in [0.15, 0.2) is 197 Å². The van der Waals surface area contributed by atoms with E-state index in [1.165, 1.54) is 48.2 Å². The molecule has 0 unspecified atom stereocenters. The van der Waals surface area contributed by atoms with E-state index in [0.717, 1.165) is 77.1 Å². The lowest BCUT2D eigenvalue weighted by atomic mass is 9.78. The van der Waals surface area contributed by atoms with Gasteiger partial charge in [-0.15, -0.1) is 11.3 Å². The Morgan fingerprint density at radius 3 is 1.86 bits per heavy atom. The quantitative estimate of drug-likeness (QED) is 0.172. The maximum absolute atomic E-state index is 6.62. The Bertz CT molecular complexity index is 4170. The molecule has 66 heavy (non-hydrogen) atoms. The first kappa shape index (κ1) is 37.2. The summed E-state index contributed by atoms with van der Waals surface area (Å²) < 4.78 is 15.4. The third kappa shape index (κ3) is 5.49. The van der Waals surface area contributed by atoms with Gasteiger partial charge >= 0.3 is 0 Å². The smallest absolute Gasteiger partial charge is 0.164 e. The van der Waals surface area contributed by atoms with Crippen molar-refractivity contribution in [3.8, 4) is 67.5 Å². The SMILES string of the molecule is CC1(C)c2ccccc2-c2cccc(-c3cccc(-c4ccc5oc6cccc(-c7nc(-c8ccc9c(c8)oc8ccccc89)nc(-c8cccc9sc%10ccccc%10c89)n7)c6c5c4)c3)c21. The number of thiophene rings is 1. The Morgan fingerprint density at radius 2 is 0.955 bits per heavy atom. The third-order valence-corrected chi connectivity index (χ3v) is 14.9. The second-order valence-corrected chi connectivity index (χ2v) is 18.9. The summed E-state index contributed by atoms with van der Waals surface area (Å²) in [6.07, 6.45) is 0. The van der Waals surface area contributed by atoms with E-state index >= 15 is 0 Å². The minimum atomic E-state index is -0.123. The highest BCUT2D eigenvalue weighted by atomic mass is 32.1. The summed E-state index contributed by atoms with van der Waals surface area (Å²) in [7, 11) is 0. The molecule has 0 spiro atoms. The Kier molecular flexibility index (Phi) is 7.84. The number of fused-ring (bicyclic) bond motifs is 12. The van der Waals surface area contributed by atoms with Gasteiger partial charge in [-0.25, -0.2) is 15.0 Å². The van der Waals surface area contributed by atoms with Gasteiger partial charge in [0.15, 0.2) is 17.5 Å². The highest BCUT2D eigenvalue weighted by molar-refractivity contribution is 7.25. The molecule has 4 heterocycles. The first-order valence-electron chi connectivity index (χ1n) is 22.3. The lowest BCUT2D eigenvalue weighted by Gasteiger charge is -2.24. The first-order valence-corrected chi connectivity index (χ1v) is 23.1. The topological polar surface area (TPSA) is 65.0 Å². The van der Waals surface area contributed by atoms with Crippen LogP contribution in [0, 0.1) is 0 Å². The molecule has 4 aromatic heterocycles. The lowest BCUT2D eigenvalue weighted by molar-refractivity contribution is 0.662. The average Bonchev–Trinajstić information content (AvgIpc) is 4.11. The van der Waals surface area contributed by atoms with E-state index in [4.69, 9.17) is 23.8 Å². The molecule has 310 valence electrons. The van der Waals surface area contributed by atoms with Gasteiger partial charge in [-0.2, -0.15) is 0 Å². The molecule has 0 fully saturated rings. The molecule has 1 aliphatic carbocycles. The standard InChI is InChI=1S/C60H37N3O2S/c1-60(2)47-22-6-3-15-39(47)42-19-10-18-38(56(42)60)36-14-9-13-34(31-36)35-28-30-49-46(32-35)54-44(20-11-24-50(54)64-49)58-61-57(37-27-29-41-40-16-4-7-23-48(40)65-51(41)33-37)62-59(63-58)45-21-12-26-53-55(45)43-17-5-8-25-52(43)66-53/h3-33H,1-2H3. The number of nitrogens with zero attached hydrogens (tertiary/aromatic N) is 3. The summed E-state index contributed by atoms with van der Waals surface area (Å²) in [6, 6.07) is 66.6. The molecule has 0 saturated carbocycles. The van der Waals surface area contributed by atoms with Crippen molar-refractivity contribution in [2.45, 2.75) is 19.3 Å². The summed E-state index contributed by atoms with van der Waals surface area (Å²) in [5.41, 5.74) is 15.8. The zero-order valence-electron chi connectivity index (χ0n) is 36.0.